The number of amides is 2. The number of nitrogens with two attached hydrogens (primary N) is 1. The van der Waals surface area contributed by atoms with E-state index in [1.54, 1.807) is 0 Å². The van der Waals surface area contributed by atoms with Gasteiger partial charge in [-0.2, -0.15) is 0 Å². The number of carboxylic acids is 1. The summed E-state index contributed by atoms with van der Waals surface area (Å²) in [5.41, 5.74) is 4.14. The van der Waals surface area contributed by atoms with Crippen molar-refractivity contribution in [2.45, 2.75) is 24.8 Å². The number of benzene rings is 1. The fourth-order valence-electron chi connectivity index (χ4n) is 2.07. The number of hydrogen-bond donors (Lipinski definition) is 3. The molecule has 1 aliphatic rings. The molecular formula is C14H16N2O5. The van der Waals surface area contributed by atoms with Crippen LogP contribution in [0.25, 0.3) is 0 Å². The van der Waals surface area contributed by atoms with E-state index in [9.17, 15) is 14.4 Å². The second kappa shape index (κ2) is 5.82. The van der Waals surface area contributed by atoms with Gasteiger partial charge in [0.15, 0.2) is 6.61 Å². The largest absolute Gasteiger partial charge is 0.484 e. The van der Waals surface area contributed by atoms with E-state index < -0.39 is 23.3 Å². The second-order valence-corrected chi connectivity index (χ2v) is 4.97. The minimum Gasteiger partial charge on any atom is -0.484 e. The topological polar surface area (TPSA) is 119 Å². The monoisotopic (exact) mass is 292 g/mol. The van der Waals surface area contributed by atoms with E-state index in [2.05, 4.69) is 5.32 Å². The first-order chi connectivity index (χ1) is 9.93. The zero-order valence-corrected chi connectivity index (χ0v) is 11.3. The number of aliphatic carboxylic acids is 1. The summed E-state index contributed by atoms with van der Waals surface area (Å²) in [6.07, 6.45) is 1.66. The third-order valence-electron chi connectivity index (χ3n) is 3.47. The number of carboxylic acid groups (broad SMARTS) is 1. The Labute approximate surface area is 121 Å². The summed E-state index contributed by atoms with van der Waals surface area (Å²) in [7, 11) is 0. The van der Waals surface area contributed by atoms with Crippen LogP contribution in [-0.2, 0) is 9.59 Å². The first-order valence-electron chi connectivity index (χ1n) is 6.50. The van der Waals surface area contributed by atoms with Gasteiger partial charge in [0, 0.05) is 5.56 Å². The predicted molar refractivity (Wildman–Crippen MR) is 72.8 cm³/mol. The van der Waals surface area contributed by atoms with E-state index in [-0.39, 0.29) is 6.61 Å². The molecule has 1 aromatic rings. The van der Waals surface area contributed by atoms with Gasteiger partial charge >= 0.3 is 5.97 Å². The lowest BCUT2D eigenvalue weighted by Crippen LogP contribution is -2.59. The summed E-state index contributed by atoms with van der Waals surface area (Å²) in [5.74, 6) is -1.64. The summed E-state index contributed by atoms with van der Waals surface area (Å²) < 4.78 is 5.07. The third-order valence-corrected chi connectivity index (χ3v) is 3.47. The van der Waals surface area contributed by atoms with Crippen LogP contribution in [0.2, 0.25) is 0 Å². The van der Waals surface area contributed by atoms with Crippen molar-refractivity contribution in [3.05, 3.63) is 29.8 Å². The first kappa shape index (κ1) is 14.8. The molecule has 2 amide bonds. The number of primary amides is 1. The molecule has 0 aliphatic heterocycles. The van der Waals surface area contributed by atoms with Gasteiger partial charge in [-0.3, -0.25) is 9.59 Å². The van der Waals surface area contributed by atoms with Crippen molar-refractivity contribution in [3.8, 4) is 5.75 Å². The molecule has 0 atom stereocenters. The molecule has 0 unspecified atom stereocenters. The average molecular weight is 292 g/mol. The smallest absolute Gasteiger partial charge is 0.329 e. The predicted octanol–water partition coefficient (Wildman–Crippen LogP) is 0.288. The molecule has 7 nitrogen and oxygen atoms in total. The maximum absolute atomic E-state index is 12.0. The molecule has 7 heteroatoms. The maximum atomic E-state index is 12.0. The Hall–Kier alpha value is -2.57. The van der Waals surface area contributed by atoms with E-state index in [4.69, 9.17) is 15.6 Å². The van der Waals surface area contributed by atoms with Gasteiger partial charge in [-0.05, 0) is 43.5 Å². The molecule has 0 spiro atoms. The van der Waals surface area contributed by atoms with Crippen molar-refractivity contribution in [3.63, 3.8) is 0 Å². The Morgan fingerprint density at radius 3 is 2.29 bits per heavy atom. The summed E-state index contributed by atoms with van der Waals surface area (Å²) in [6, 6.07) is 6.04. The molecule has 1 aliphatic carbocycles. The van der Waals surface area contributed by atoms with E-state index in [1.165, 1.54) is 24.3 Å². The second-order valence-electron chi connectivity index (χ2n) is 4.97. The molecule has 1 aromatic carbocycles. The molecule has 0 heterocycles. The van der Waals surface area contributed by atoms with Crippen LogP contribution < -0.4 is 15.8 Å². The van der Waals surface area contributed by atoms with Gasteiger partial charge in [-0.15, -0.1) is 0 Å². The summed E-state index contributed by atoms with van der Waals surface area (Å²) in [5, 5.41) is 11.7. The first-order valence-corrected chi connectivity index (χ1v) is 6.50. The van der Waals surface area contributed by atoms with Gasteiger partial charge in [0.05, 0.1) is 0 Å². The highest BCUT2D eigenvalue weighted by Crippen LogP contribution is 2.32. The van der Waals surface area contributed by atoms with Crippen LogP contribution in [0, 0.1) is 0 Å². The molecule has 1 saturated carbocycles. The van der Waals surface area contributed by atoms with Gasteiger partial charge < -0.3 is 20.9 Å². The minimum absolute atomic E-state index is 0.242. The highest BCUT2D eigenvalue weighted by molar-refractivity contribution is 5.98. The Bertz CT molecular complexity index is 563. The zero-order valence-electron chi connectivity index (χ0n) is 11.3. The van der Waals surface area contributed by atoms with Crippen LogP contribution in [0.1, 0.15) is 29.6 Å². The van der Waals surface area contributed by atoms with Crippen molar-refractivity contribution >= 4 is 17.8 Å². The Kier molecular flexibility index (Phi) is 4.11. The lowest BCUT2D eigenvalue weighted by molar-refractivity contribution is -0.148. The van der Waals surface area contributed by atoms with Crippen molar-refractivity contribution in [1.29, 1.82) is 0 Å². The Balaban J connectivity index is 2.00. The van der Waals surface area contributed by atoms with Crippen LogP contribution in [0.3, 0.4) is 0 Å². The number of ether oxygens (including phenoxy) is 1. The molecular weight excluding hydrogens is 276 g/mol. The number of carbonyl (C=O) groups is 3. The SMILES string of the molecule is NC(=O)COc1ccc(C(=O)NC2(C(=O)O)CCC2)cc1. The average Bonchev–Trinajstić information content (AvgIpc) is 2.40. The normalized spacial score (nSPS) is 15.6. The van der Waals surface area contributed by atoms with Gasteiger partial charge in [-0.1, -0.05) is 0 Å². The fourth-order valence-corrected chi connectivity index (χ4v) is 2.07. The van der Waals surface area contributed by atoms with Gasteiger partial charge in [-0.25, -0.2) is 4.79 Å². The lowest BCUT2D eigenvalue weighted by Gasteiger charge is -2.38. The molecule has 1 fully saturated rings. The molecule has 0 saturated heterocycles. The summed E-state index contributed by atoms with van der Waals surface area (Å²) in [4.78, 5) is 33.8. The zero-order chi connectivity index (χ0) is 15.5. The number of carbonyl (C=O) groups excluding carboxylic acids is 2. The van der Waals surface area contributed by atoms with Gasteiger partial charge in [0.1, 0.15) is 11.3 Å². The van der Waals surface area contributed by atoms with E-state index >= 15 is 0 Å². The van der Waals surface area contributed by atoms with Crippen molar-refractivity contribution in [2.24, 2.45) is 5.73 Å². The quantitative estimate of drug-likeness (QED) is 0.696. The number of rotatable bonds is 6. The number of nitrogens with one attached hydrogen (secondary N) is 1. The molecule has 21 heavy (non-hydrogen) atoms. The van der Waals surface area contributed by atoms with Crippen LogP contribution >= 0.6 is 0 Å². The van der Waals surface area contributed by atoms with Crippen molar-refractivity contribution in [2.75, 3.05) is 6.61 Å². The Morgan fingerprint density at radius 2 is 1.86 bits per heavy atom. The van der Waals surface area contributed by atoms with Crippen molar-refractivity contribution in [1.82, 2.24) is 5.32 Å². The van der Waals surface area contributed by atoms with Gasteiger partial charge in [0.2, 0.25) is 0 Å². The van der Waals surface area contributed by atoms with Crippen molar-refractivity contribution < 1.29 is 24.2 Å². The molecule has 4 N–H and O–H groups in total. The molecule has 0 bridgehead atoms. The van der Waals surface area contributed by atoms with Crippen LogP contribution in [0.4, 0.5) is 0 Å². The van der Waals surface area contributed by atoms with E-state index in [0.717, 1.165) is 6.42 Å². The highest BCUT2D eigenvalue weighted by atomic mass is 16.5. The minimum atomic E-state index is -1.14. The maximum Gasteiger partial charge on any atom is 0.329 e. The number of hydrogen-bond acceptors (Lipinski definition) is 4. The molecule has 2 rings (SSSR count). The Morgan fingerprint density at radius 1 is 1.24 bits per heavy atom. The van der Waals surface area contributed by atoms with Crippen LogP contribution in [-0.4, -0.2) is 35.0 Å². The van der Waals surface area contributed by atoms with Crippen LogP contribution in [0.5, 0.6) is 5.75 Å². The lowest BCUT2D eigenvalue weighted by atomic mass is 9.76. The van der Waals surface area contributed by atoms with Gasteiger partial charge in [0.25, 0.3) is 11.8 Å². The molecule has 0 radical (unpaired) electrons. The van der Waals surface area contributed by atoms with E-state index in [0.29, 0.717) is 24.2 Å². The summed E-state index contributed by atoms with van der Waals surface area (Å²) in [6.45, 7) is -0.242. The fraction of sp³-hybridized carbons (Fsp3) is 0.357. The molecule has 0 aromatic heterocycles. The third kappa shape index (κ3) is 3.31. The highest BCUT2D eigenvalue weighted by Gasteiger charge is 2.45. The van der Waals surface area contributed by atoms with E-state index in [1.807, 2.05) is 0 Å². The standard InChI is InChI=1S/C14H16N2O5/c15-11(17)8-21-10-4-2-9(3-5-10)12(18)16-14(13(19)20)6-1-7-14/h2-5H,1,6-8H2,(H2,15,17)(H,16,18)(H,19,20). The summed E-state index contributed by atoms with van der Waals surface area (Å²) >= 11 is 0. The van der Waals surface area contributed by atoms with Crippen LogP contribution in [0.15, 0.2) is 24.3 Å². The molecule has 112 valence electrons.